The fourth-order valence-corrected chi connectivity index (χ4v) is 2.19. The van der Waals surface area contributed by atoms with Gasteiger partial charge in [0.05, 0.1) is 11.8 Å². The minimum absolute atomic E-state index is 0.169. The van der Waals surface area contributed by atoms with E-state index in [2.05, 4.69) is 17.2 Å². The molecule has 0 aliphatic rings. The molecule has 0 spiro atoms. The van der Waals surface area contributed by atoms with Crippen molar-refractivity contribution in [1.29, 1.82) is 0 Å². The number of rotatable bonds is 6. The van der Waals surface area contributed by atoms with Crippen molar-refractivity contribution in [2.24, 2.45) is 0 Å². The lowest BCUT2D eigenvalue weighted by molar-refractivity contribution is 0.159. The maximum atomic E-state index is 9.35. The molecule has 1 aromatic rings. The Kier molecular flexibility index (Phi) is 5.22. The van der Waals surface area contributed by atoms with Gasteiger partial charge in [-0.2, -0.15) is 0 Å². The molecule has 1 unspecified atom stereocenters. The number of aryl methyl sites for hydroxylation is 2. The van der Waals surface area contributed by atoms with Gasteiger partial charge in [-0.25, -0.2) is 4.98 Å². The van der Waals surface area contributed by atoms with E-state index in [0.717, 1.165) is 36.6 Å². The van der Waals surface area contributed by atoms with Crippen LogP contribution in [0.25, 0.3) is 0 Å². The fraction of sp³-hybridized carbons (Fsp3) is 0.727. The number of hydrogen-bond donors (Lipinski definition) is 2. The Hall–Kier alpha value is -0.450. The largest absolute Gasteiger partial charge is 0.393 e. The van der Waals surface area contributed by atoms with Gasteiger partial charge < -0.3 is 10.4 Å². The molecule has 0 aliphatic heterocycles. The van der Waals surface area contributed by atoms with Crippen molar-refractivity contribution in [3.8, 4) is 0 Å². The number of nitrogens with zero attached hydrogens (tertiary/aromatic N) is 1. The van der Waals surface area contributed by atoms with Crippen molar-refractivity contribution in [2.75, 3.05) is 6.54 Å². The topological polar surface area (TPSA) is 45.1 Å². The van der Waals surface area contributed by atoms with Crippen LogP contribution >= 0.6 is 11.3 Å². The predicted octanol–water partition coefficient (Wildman–Crippen LogP) is 2.01. The average Bonchev–Trinajstić information content (AvgIpc) is 2.53. The molecule has 1 heterocycles. The third kappa shape index (κ3) is 4.28. The first kappa shape index (κ1) is 12.6. The fourth-order valence-electron chi connectivity index (χ4n) is 1.28. The normalized spacial score (nSPS) is 13.1. The van der Waals surface area contributed by atoms with Crippen LogP contribution in [0.15, 0.2) is 0 Å². The summed E-state index contributed by atoms with van der Waals surface area (Å²) in [4.78, 5) is 5.73. The van der Waals surface area contributed by atoms with Crippen molar-refractivity contribution >= 4 is 11.3 Å². The van der Waals surface area contributed by atoms with Crippen LogP contribution in [0.1, 0.15) is 35.3 Å². The second-order valence-electron chi connectivity index (χ2n) is 3.78. The molecule has 0 saturated heterocycles. The maximum Gasteiger partial charge on any atom is 0.107 e. The van der Waals surface area contributed by atoms with E-state index >= 15 is 0 Å². The first-order valence-corrected chi connectivity index (χ1v) is 6.26. The van der Waals surface area contributed by atoms with Crippen molar-refractivity contribution in [2.45, 2.75) is 46.3 Å². The van der Waals surface area contributed by atoms with Gasteiger partial charge in [0.15, 0.2) is 0 Å². The van der Waals surface area contributed by atoms with Crippen LogP contribution in [0.5, 0.6) is 0 Å². The second-order valence-corrected chi connectivity index (χ2v) is 5.06. The summed E-state index contributed by atoms with van der Waals surface area (Å²) in [6.07, 6.45) is 1.48. The molecular weight excluding hydrogens is 208 g/mol. The van der Waals surface area contributed by atoms with Gasteiger partial charge in [0.25, 0.3) is 0 Å². The molecule has 0 aromatic carbocycles. The van der Waals surface area contributed by atoms with E-state index in [1.165, 1.54) is 4.88 Å². The van der Waals surface area contributed by atoms with Crippen molar-refractivity contribution in [3.63, 3.8) is 0 Å². The molecule has 1 aromatic heterocycles. The molecule has 4 heteroatoms. The van der Waals surface area contributed by atoms with Gasteiger partial charge in [0, 0.05) is 11.4 Å². The van der Waals surface area contributed by atoms with E-state index in [4.69, 9.17) is 0 Å². The highest BCUT2D eigenvalue weighted by molar-refractivity contribution is 7.11. The van der Waals surface area contributed by atoms with Crippen LogP contribution in [0, 0.1) is 13.8 Å². The van der Waals surface area contributed by atoms with Gasteiger partial charge in [-0.15, -0.1) is 11.3 Å². The molecule has 0 bridgehead atoms. The van der Waals surface area contributed by atoms with Crippen LogP contribution in [0.2, 0.25) is 0 Å². The Morgan fingerprint density at radius 2 is 2.20 bits per heavy atom. The Morgan fingerprint density at radius 1 is 1.47 bits per heavy atom. The lowest BCUT2D eigenvalue weighted by Gasteiger charge is -2.07. The van der Waals surface area contributed by atoms with E-state index in [0.29, 0.717) is 0 Å². The zero-order chi connectivity index (χ0) is 11.3. The predicted molar refractivity (Wildman–Crippen MR) is 64.2 cm³/mol. The van der Waals surface area contributed by atoms with Gasteiger partial charge in [-0.05, 0) is 33.2 Å². The Labute approximate surface area is 95.6 Å². The van der Waals surface area contributed by atoms with E-state index in [1.807, 2.05) is 13.8 Å². The number of aliphatic hydroxyl groups excluding tert-OH is 1. The third-order valence-corrected chi connectivity index (χ3v) is 3.55. The molecule has 15 heavy (non-hydrogen) atoms. The molecule has 0 radical (unpaired) electrons. The monoisotopic (exact) mass is 228 g/mol. The molecule has 1 atom stereocenters. The lowest BCUT2D eigenvalue weighted by Crippen LogP contribution is -2.19. The Balaban J connectivity index is 2.20. The zero-order valence-electron chi connectivity index (χ0n) is 9.71. The summed E-state index contributed by atoms with van der Waals surface area (Å²) < 4.78 is 0. The van der Waals surface area contributed by atoms with E-state index in [9.17, 15) is 5.11 Å². The first-order chi connectivity index (χ1) is 7.13. The van der Waals surface area contributed by atoms with Crippen LogP contribution < -0.4 is 5.32 Å². The van der Waals surface area contributed by atoms with E-state index in [-0.39, 0.29) is 6.10 Å². The molecule has 0 amide bonds. The zero-order valence-corrected chi connectivity index (χ0v) is 10.5. The molecule has 3 nitrogen and oxygen atoms in total. The molecular formula is C11H20N2OS. The number of nitrogens with one attached hydrogen (secondary N) is 1. The minimum Gasteiger partial charge on any atom is -0.393 e. The van der Waals surface area contributed by atoms with Gasteiger partial charge in [0.2, 0.25) is 0 Å². The number of hydrogen-bond acceptors (Lipinski definition) is 4. The summed E-state index contributed by atoms with van der Waals surface area (Å²) >= 11 is 1.74. The molecule has 0 fully saturated rings. The number of aliphatic hydroxyl groups is 1. The SMILES string of the molecule is CCC(O)CCNCc1nc(C)c(C)s1. The van der Waals surface area contributed by atoms with Crippen LogP contribution in [0.4, 0.5) is 0 Å². The summed E-state index contributed by atoms with van der Waals surface area (Å²) in [5.74, 6) is 0. The number of aromatic nitrogens is 1. The van der Waals surface area contributed by atoms with Gasteiger partial charge in [-0.3, -0.25) is 0 Å². The molecule has 2 N–H and O–H groups in total. The average molecular weight is 228 g/mol. The second kappa shape index (κ2) is 6.20. The summed E-state index contributed by atoms with van der Waals surface area (Å²) in [5, 5.41) is 13.8. The highest BCUT2D eigenvalue weighted by atomic mass is 32.1. The summed E-state index contributed by atoms with van der Waals surface area (Å²) in [5.41, 5.74) is 1.13. The number of thiazole rings is 1. The molecule has 0 saturated carbocycles. The van der Waals surface area contributed by atoms with Crippen LogP contribution in [-0.4, -0.2) is 22.7 Å². The van der Waals surface area contributed by atoms with Crippen molar-refractivity contribution in [3.05, 3.63) is 15.6 Å². The van der Waals surface area contributed by atoms with Crippen molar-refractivity contribution < 1.29 is 5.11 Å². The molecule has 0 aliphatic carbocycles. The molecule has 86 valence electrons. The summed E-state index contributed by atoms with van der Waals surface area (Å²) in [7, 11) is 0. The van der Waals surface area contributed by atoms with Crippen LogP contribution in [0.3, 0.4) is 0 Å². The standard InChI is InChI=1S/C11H20N2OS/c1-4-10(14)5-6-12-7-11-13-8(2)9(3)15-11/h10,12,14H,4-7H2,1-3H3. The lowest BCUT2D eigenvalue weighted by atomic mass is 10.2. The van der Waals surface area contributed by atoms with Gasteiger partial charge in [0.1, 0.15) is 5.01 Å². The summed E-state index contributed by atoms with van der Waals surface area (Å²) in [6, 6.07) is 0. The first-order valence-electron chi connectivity index (χ1n) is 5.45. The van der Waals surface area contributed by atoms with Crippen molar-refractivity contribution in [1.82, 2.24) is 10.3 Å². The minimum atomic E-state index is -0.169. The van der Waals surface area contributed by atoms with E-state index < -0.39 is 0 Å². The van der Waals surface area contributed by atoms with Crippen LogP contribution in [-0.2, 0) is 6.54 Å². The summed E-state index contributed by atoms with van der Waals surface area (Å²) in [6.45, 7) is 7.80. The van der Waals surface area contributed by atoms with Gasteiger partial charge >= 0.3 is 0 Å². The third-order valence-electron chi connectivity index (χ3n) is 2.47. The van der Waals surface area contributed by atoms with Gasteiger partial charge in [-0.1, -0.05) is 6.92 Å². The smallest absolute Gasteiger partial charge is 0.107 e. The Bertz CT molecular complexity index is 279. The highest BCUT2D eigenvalue weighted by Gasteiger charge is 2.03. The quantitative estimate of drug-likeness (QED) is 0.732. The highest BCUT2D eigenvalue weighted by Crippen LogP contribution is 2.15. The molecule has 1 rings (SSSR count). The Morgan fingerprint density at radius 3 is 2.73 bits per heavy atom. The maximum absolute atomic E-state index is 9.35. The van der Waals surface area contributed by atoms with E-state index in [1.54, 1.807) is 11.3 Å².